The van der Waals surface area contributed by atoms with Gasteiger partial charge in [-0.2, -0.15) is 0 Å². The fourth-order valence-corrected chi connectivity index (χ4v) is 13.6. The Hall–Kier alpha value is -4.27. The van der Waals surface area contributed by atoms with Crippen molar-refractivity contribution in [3.63, 3.8) is 0 Å². The van der Waals surface area contributed by atoms with Crippen LogP contribution in [-0.4, -0.2) is 0 Å². The van der Waals surface area contributed by atoms with Crippen molar-refractivity contribution >= 4 is 39.6 Å². The van der Waals surface area contributed by atoms with Gasteiger partial charge in [-0.15, -0.1) is 0 Å². The van der Waals surface area contributed by atoms with Gasteiger partial charge in [0.1, 0.15) is 0 Å². The fraction of sp³-hybridized carbons (Fsp3) is 0.346. The zero-order valence-corrected chi connectivity index (χ0v) is 33.1. The quantitative estimate of drug-likeness (QED) is 0.178. The second-order valence-electron chi connectivity index (χ2n) is 18.9. The number of hydrogen-bond donors (Lipinski definition) is 0. The van der Waals surface area contributed by atoms with Gasteiger partial charge in [0.05, 0.1) is 0 Å². The SMILES string of the molecule is CC1(C)CCC(C)(C)c2cc(N(c3ccc(-c4ccc5ccccc5c4)cc3)c3ccc4c(c3)Sc3ccccc3C43C4CC5CC(C4)CC3C5)ccc21. The van der Waals surface area contributed by atoms with Crippen molar-refractivity contribution in [2.45, 2.75) is 98.7 Å². The van der Waals surface area contributed by atoms with Crippen LogP contribution in [0.2, 0.25) is 0 Å². The number of rotatable bonds is 4. The lowest BCUT2D eigenvalue weighted by Crippen LogP contribution is -2.57. The molecule has 1 aliphatic heterocycles. The van der Waals surface area contributed by atoms with E-state index in [0.29, 0.717) is 0 Å². The van der Waals surface area contributed by atoms with Gasteiger partial charge >= 0.3 is 0 Å². The van der Waals surface area contributed by atoms with Crippen LogP contribution in [0, 0.1) is 23.7 Å². The average molecular weight is 722 g/mol. The molecule has 5 aliphatic carbocycles. The highest BCUT2D eigenvalue weighted by Crippen LogP contribution is 2.69. The molecule has 6 aromatic rings. The van der Waals surface area contributed by atoms with Crippen LogP contribution in [0.1, 0.15) is 94.9 Å². The third kappa shape index (κ3) is 4.91. The predicted molar refractivity (Wildman–Crippen MR) is 228 cm³/mol. The van der Waals surface area contributed by atoms with Gasteiger partial charge < -0.3 is 4.90 Å². The summed E-state index contributed by atoms with van der Waals surface area (Å²) < 4.78 is 0. The lowest BCUT2D eigenvalue weighted by atomic mass is 9.42. The van der Waals surface area contributed by atoms with E-state index in [-0.39, 0.29) is 16.2 Å². The molecule has 12 rings (SSSR count). The van der Waals surface area contributed by atoms with Gasteiger partial charge in [0.2, 0.25) is 0 Å². The summed E-state index contributed by atoms with van der Waals surface area (Å²) in [7, 11) is 0. The molecule has 4 saturated carbocycles. The summed E-state index contributed by atoms with van der Waals surface area (Å²) in [6.07, 6.45) is 9.54. The molecule has 2 heteroatoms. The minimum absolute atomic E-state index is 0.133. The van der Waals surface area contributed by atoms with Gasteiger partial charge in [-0.1, -0.05) is 118 Å². The van der Waals surface area contributed by atoms with Crippen LogP contribution in [0.5, 0.6) is 0 Å². The molecule has 6 aliphatic rings. The Morgan fingerprint density at radius 1 is 0.463 bits per heavy atom. The standard InChI is InChI=1S/C52H51NS/c1-50(2)23-24-51(3,4)47-31-42(19-21-44(47)50)53(41-17-15-36(16-18-41)38-14-13-35-9-5-6-10-37(35)30-38)43-20-22-46-49(32-43)54-48-12-8-7-11-45(48)52(46)39-26-33-25-34(28-39)29-40(52)27-33/h5-22,30-34,39-40H,23-29H2,1-4H3. The van der Waals surface area contributed by atoms with Gasteiger partial charge in [0.25, 0.3) is 0 Å². The lowest BCUT2D eigenvalue weighted by molar-refractivity contribution is -0.0443. The van der Waals surface area contributed by atoms with E-state index >= 15 is 0 Å². The maximum absolute atomic E-state index is 2.58. The maximum Gasteiger partial charge on any atom is 0.0473 e. The van der Waals surface area contributed by atoms with Crippen molar-refractivity contribution < 1.29 is 0 Å². The molecular weight excluding hydrogens is 671 g/mol. The molecule has 1 spiro atoms. The Kier molecular flexibility index (Phi) is 7.27. The maximum atomic E-state index is 2.58. The molecule has 0 unspecified atom stereocenters. The van der Waals surface area contributed by atoms with Crippen molar-refractivity contribution in [3.05, 3.63) is 150 Å². The number of hydrogen-bond acceptors (Lipinski definition) is 2. The van der Waals surface area contributed by atoms with Crippen LogP contribution in [0.15, 0.2) is 137 Å². The van der Waals surface area contributed by atoms with E-state index in [0.717, 1.165) is 23.7 Å². The van der Waals surface area contributed by atoms with Crippen LogP contribution < -0.4 is 4.90 Å². The van der Waals surface area contributed by atoms with Crippen LogP contribution in [0.25, 0.3) is 21.9 Å². The number of anilines is 3. The van der Waals surface area contributed by atoms with Crippen molar-refractivity contribution in [3.8, 4) is 11.1 Å². The van der Waals surface area contributed by atoms with Crippen LogP contribution in [-0.2, 0) is 16.2 Å². The van der Waals surface area contributed by atoms with E-state index < -0.39 is 0 Å². The van der Waals surface area contributed by atoms with Crippen molar-refractivity contribution in [2.75, 3.05) is 4.90 Å². The van der Waals surface area contributed by atoms with Gasteiger partial charge in [-0.05, 0) is 172 Å². The minimum atomic E-state index is 0.133. The zero-order valence-electron chi connectivity index (χ0n) is 32.2. The summed E-state index contributed by atoms with van der Waals surface area (Å²) in [5.74, 6) is 3.39. The molecule has 0 N–H and O–H groups in total. The highest BCUT2D eigenvalue weighted by molar-refractivity contribution is 7.99. The first-order valence-corrected chi connectivity index (χ1v) is 21.5. The third-order valence-electron chi connectivity index (χ3n) is 15.0. The highest BCUT2D eigenvalue weighted by Gasteiger charge is 2.60. The largest absolute Gasteiger partial charge is 0.310 e. The number of nitrogens with zero attached hydrogens (tertiary/aromatic N) is 1. The molecule has 54 heavy (non-hydrogen) atoms. The van der Waals surface area contributed by atoms with Crippen molar-refractivity contribution in [1.82, 2.24) is 0 Å². The van der Waals surface area contributed by atoms with E-state index in [1.54, 1.807) is 11.1 Å². The Labute approximate surface area is 326 Å². The highest BCUT2D eigenvalue weighted by atomic mass is 32.2. The van der Waals surface area contributed by atoms with E-state index in [2.05, 4.69) is 160 Å². The van der Waals surface area contributed by atoms with Crippen LogP contribution in [0.4, 0.5) is 17.1 Å². The average Bonchev–Trinajstić information content (AvgIpc) is 3.18. The summed E-state index contributed by atoms with van der Waals surface area (Å²) in [6, 6.07) is 49.4. The fourth-order valence-electron chi connectivity index (χ4n) is 12.4. The summed E-state index contributed by atoms with van der Waals surface area (Å²) in [5.41, 5.74) is 12.9. The Bertz CT molecular complexity index is 2420. The van der Waals surface area contributed by atoms with Gasteiger partial charge in [-0.25, -0.2) is 0 Å². The molecule has 4 fully saturated rings. The minimum Gasteiger partial charge on any atom is -0.310 e. The van der Waals surface area contributed by atoms with Crippen LogP contribution in [0.3, 0.4) is 0 Å². The molecule has 4 bridgehead atoms. The predicted octanol–water partition coefficient (Wildman–Crippen LogP) is 14.5. The third-order valence-corrected chi connectivity index (χ3v) is 16.1. The first-order valence-electron chi connectivity index (χ1n) is 20.6. The molecule has 1 heterocycles. The van der Waals surface area contributed by atoms with E-state index in [1.165, 1.54) is 105 Å². The molecule has 0 radical (unpaired) electrons. The first kappa shape index (κ1) is 33.1. The van der Waals surface area contributed by atoms with Crippen molar-refractivity contribution in [1.29, 1.82) is 0 Å². The lowest BCUT2D eigenvalue weighted by Gasteiger charge is -2.63. The van der Waals surface area contributed by atoms with Gasteiger partial charge in [-0.3, -0.25) is 0 Å². The molecule has 270 valence electrons. The second-order valence-corrected chi connectivity index (χ2v) is 20.0. The molecule has 0 aromatic heterocycles. The van der Waals surface area contributed by atoms with Crippen LogP contribution >= 0.6 is 11.8 Å². The zero-order chi connectivity index (χ0) is 36.4. The first-order chi connectivity index (χ1) is 26.2. The summed E-state index contributed by atoms with van der Waals surface area (Å²) in [5, 5.41) is 2.57. The van der Waals surface area contributed by atoms with E-state index in [9.17, 15) is 0 Å². The summed E-state index contributed by atoms with van der Waals surface area (Å²) in [4.78, 5) is 5.50. The Morgan fingerprint density at radius 3 is 1.78 bits per heavy atom. The molecular formula is C52H51NS. The number of fused-ring (bicyclic) bond motifs is 4. The van der Waals surface area contributed by atoms with E-state index in [1.807, 2.05) is 11.8 Å². The molecule has 0 saturated heterocycles. The smallest absolute Gasteiger partial charge is 0.0473 e. The second kappa shape index (κ2) is 11.9. The van der Waals surface area contributed by atoms with E-state index in [4.69, 9.17) is 0 Å². The van der Waals surface area contributed by atoms with Gasteiger partial charge in [0, 0.05) is 32.3 Å². The summed E-state index contributed by atoms with van der Waals surface area (Å²) in [6.45, 7) is 9.76. The molecule has 6 aromatic carbocycles. The molecule has 1 nitrogen and oxygen atoms in total. The molecule has 0 amide bonds. The topological polar surface area (TPSA) is 3.24 Å². The Morgan fingerprint density at radius 2 is 1.04 bits per heavy atom. The van der Waals surface area contributed by atoms with Gasteiger partial charge in [0.15, 0.2) is 0 Å². The monoisotopic (exact) mass is 721 g/mol. The normalized spacial score (nSPS) is 26.7. The molecule has 0 atom stereocenters. The summed E-state index contributed by atoms with van der Waals surface area (Å²) >= 11 is 2.02. The van der Waals surface area contributed by atoms with Crippen molar-refractivity contribution in [2.24, 2.45) is 23.7 Å². The Balaban J connectivity index is 1.06. The number of benzene rings is 6.